The fourth-order valence-corrected chi connectivity index (χ4v) is 4.92. The van der Waals surface area contributed by atoms with Crippen LogP contribution in [0.2, 0.25) is 0 Å². The first-order valence-electron chi connectivity index (χ1n) is 11.2. The maximum absolute atomic E-state index is 16.3. The number of esters is 1. The average Bonchev–Trinajstić information content (AvgIpc) is 2.81. The molecule has 0 saturated carbocycles. The fraction of sp³-hybridized carbons (Fsp3) is 0.321. The molecule has 0 radical (unpaired) electrons. The van der Waals surface area contributed by atoms with E-state index in [2.05, 4.69) is 0 Å². The smallest absolute Gasteiger partial charge is 0.307 e. The van der Waals surface area contributed by atoms with E-state index in [9.17, 15) is 9.00 Å². The van der Waals surface area contributed by atoms with Gasteiger partial charge in [0, 0.05) is 21.3 Å². The normalized spacial score (nSPS) is 14.2. The number of ether oxygens (including phenoxy) is 2. The highest BCUT2D eigenvalue weighted by Gasteiger charge is 2.32. The zero-order chi connectivity index (χ0) is 24.9. The minimum atomic E-state index is -1.58. The first-order valence-corrected chi connectivity index (χ1v) is 12.3. The van der Waals surface area contributed by atoms with Crippen molar-refractivity contribution in [3.8, 4) is 5.75 Å². The van der Waals surface area contributed by atoms with Crippen LogP contribution >= 0.6 is 0 Å². The lowest BCUT2D eigenvalue weighted by Gasteiger charge is -2.26. The number of aryl methyl sites for hydroxylation is 1. The van der Waals surface area contributed by atoms with Crippen molar-refractivity contribution in [2.24, 2.45) is 0 Å². The molecule has 0 saturated heterocycles. The summed E-state index contributed by atoms with van der Waals surface area (Å²) in [5, 5.41) is 0. The third kappa shape index (κ3) is 6.54. The fourth-order valence-electron chi connectivity index (χ4n) is 3.69. The van der Waals surface area contributed by atoms with E-state index in [1.165, 1.54) is 0 Å². The van der Waals surface area contributed by atoms with Crippen LogP contribution in [0.15, 0.2) is 82.6 Å². The van der Waals surface area contributed by atoms with E-state index in [-0.39, 0.29) is 6.42 Å². The van der Waals surface area contributed by atoms with Gasteiger partial charge in [-0.25, -0.2) is 8.60 Å². The molecule has 0 aliphatic heterocycles. The number of alkyl halides is 1. The highest BCUT2D eigenvalue weighted by atomic mass is 32.2. The van der Waals surface area contributed by atoms with Gasteiger partial charge in [-0.1, -0.05) is 48.0 Å². The summed E-state index contributed by atoms with van der Waals surface area (Å²) < 4.78 is 40.4. The predicted octanol–water partition coefficient (Wildman–Crippen LogP) is 6.70. The Bertz CT molecular complexity index is 1130. The predicted molar refractivity (Wildman–Crippen MR) is 132 cm³/mol. The molecule has 0 fully saturated rings. The second-order valence-electron chi connectivity index (χ2n) is 9.19. The van der Waals surface area contributed by atoms with Crippen LogP contribution in [0.3, 0.4) is 0 Å². The van der Waals surface area contributed by atoms with Crippen molar-refractivity contribution in [3.05, 3.63) is 89.5 Å². The third-order valence-electron chi connectivity index (χ3n) is 5.35. The standard InChI is InChI=1S/C28H31FO4S/c1-19-10-16-22(17-11-19)34(31)25-9-7-6-8-23(25)27(29)24(18-26(30)33-28(2,3)4)20-12-14-21(32-5)15-13-20/h6-17,24,27H,18H2,1-5H3/t24-,27+,34?/m1/s1. The highest BCUT2D eigenvalue weighted by Crippen LogP contribution is 2.40. The number of carbonyl (C=O) groups excluding carboxylic acids is 1. The topological polar surface area (TPSA) is 52.6 Å². The van der Waals surface area contributed by atoms with Crippen molar-refractivity contribution >= 4 is 16.8 Å². The number of rotatable bonds is 8. The van der Waals surface area contributed by atoms with E-state index in [1.54, 1.807) is 88.5 Å². The molecule has 3 aromatic carbocycles. The number of benzene rings is 3. The highest BCUT2D eigenvalue weighted by molar-refractivity contribution is 7.85. The van der Waals surface area contributed by atoms with Gasteiger partial charge < -0.3 is 9.47 Å². The molecule has 0 amide bonds. The first kappa shape index (κ1) is 25.6. The Labute approximate surface area is 203 Å². The molecule has 6 heteroatoms. The van der Waals surface area contributed by atoms with Gasteiger partial charge in [-0.3, -0.25) is 4.79 Å². The van der Waals surface area contributed by atoms with Crippen molar-refractivity contribution in [1.82, 2.24) is 0 Å². The summed E-state index contributed by atoms with van der Waals surface area (Å²) in [5.74, 6) is -0.680. The largest absolute Gasteiger partial charge is 0.497 e. The average molecular weight is 483 g/mol. The van der Waals surface area contributed by atoms with Gasteiger partial charge in [-0.2, -0.15) is 0 Å². The molecule has 180 valence electrons. The summed E-state index contributed by atoms with van der Waals surface area (Å²) in [4.78, 5) is 13.7. The summed E-state index contributed by atoms with van der Waals surface area (Å²) in [6, 6.07) is 21.1. The van der Waals surface area contributed by atoms with E-state index in [0.717, 1.165) is 5.56 Å². The summed E-state index contributed by atoms with van der Waals surface area (Å²) in [7, 11) is -0.0126. The maximum atomic E-state index is 16.3. The lowest BCUT2D eigenvalue weighted by molar-refractivity contribution is -0.155. The summed E-state index contributed by atoms with van der Waals surface area (Å²) >= 11 is 0. The Balaban J connectivity index is 2.00. The Morgan fingerprint density at radius 2 is 1.59 bits per heavy atom. The summed E-state index contributed by atoms with van der Waals surface area (Å²) in [6.45, 7) is 7.29. The lowest BCUT2D eigenvalue weighted by Crippen LogP contribution is -2.26. The molecule has 0 aliphatic rings. The van der Waals surface area contributed by atoms with Crippen molar-refractivity contribution < 1.29 is 22.9 Å². The molecule has 34 heavy (non-hydrogen) atoms. The molecule has 3 rings (SSSR count). The van der Waals surface area contributed by atoms with Crippen LogP contribution in [0.4, 0.5) is 4.39 Å². The van der Waals surface area contributed by atoms with Crippen LogP contribution < -0.4 is 4.74 Å². The Morgan fingerprint density at radius 3 is 2.18 bits per heavy atom. The Kier molecular flexibility index (Phi) is 8.26. The molecular weight excluding hydrogens is 451 g/mol. The first-order chi connectivity index (χ1) is 16.1. The maximum Gasteiger partial charge on any atom is 0.307 e. The molecule has 3 atom stereocenters. The van der Waals surface area contributed by atoms with E-state index >= 15 is 4.39 Å². The van der Waals surface area contributed by atoms with Gasteiger partial charge in [0.05, 0.1) is 24.3 Å². The van der Waals surface area contributed by atoms with Crippen LogP contribution in [-0.4, -0.2) is 22.9 Å². The molecular formula is C28H31FO4S. The SMILES string of the molecule is COc1ccc([C@@H](CC(=O)OC(C)(C)C)[C@@H](F)c2ccccc2S(=O)c2ccc(C)cc2)cc1. The van der Waals surface area contributed by atoms with Gasteiger partial charge in [0.1, 0.15) is 17.5 Å². The van der Waals surface area contributed by atoms with Gasteiger partial charge in [0.25, 0.3) is 0 Å². The molecule has 0 bridgehead atoms. The van der Waals surface area contributed by atoms with Crippen molar-refractivity contribution in [2.75, 3.05) is 7.11 Å². The van der Waals surface area contributed by atoms with Gasteiger partial charge in [-0.15, -0.1) is 0 Å². The number of hydrogen-bond donors (Lipinski definition) is 0. The summed E-state index contributed by atoms with van der Waals surface area (Å²) in [5.41, 5.74) is 1.30. The zero-order valence-corrected chi connectivity index (χ0v) is 21.0. The minimum absolute atomic E-state index is 0.156. The van der Waals surface area contributed by atoms with Crippen LogP contribution in [0.5, 0.6) is 5.75 Å². The van der Waals surface area contributed by atoms with Crippen molar-refractivity contribution in [3.63, 3.8) is 0 Å². The number of hydrogen-bond acceptors (Lipinski definition) is 4. The van der Waals surface area contributed by atoms with E-state index in [4.69, 9.17) is 9.47 Å². The van der Waals surface area contributed by atoms with Gasteiger partial charge in [0.2, 0.25) is 0 Å². The molecule has 0 aliphatic carbocycles. The van der Waals surface area contributed by atoms with Crippen LogP contribution in [0.25, 0.3) is 0 Å². The Hall–Kier alpha value is -2.99. The quantitative estimate of drug-likeness (QED) is 0.335. The molecule has 3 aromatic rings. The van der Waals surface area contributed by atoms with E-state index in [0.29, 0.717) is 26.7 Å². The van der Waals surface area contributed by atoms with Gasteiger partial charge in [0.15, 0.2) is 0 Å². The molecule has 0 spiro atoms. The molecule has 1 unspecified atom stereocenters. The van der Waals surface area contributed by atoms with Gasteiger partial charge in [-0.05, 0) is 63.6 Å². The molecule has 0 N–H and O–H groups in total. The Morgan fingerprint density at radius 1 is 0.971 bits per heavy atom. The second-order valence-corrected chi connectivity index (χ2v) is 10.6. The summed E-state index contributed by atoms with van der Waals surface area (Å²) in [6.07, 6.45) is -1.73. The van der Waals surface area contributed by atoms with E-state index in [1.807, 2.05) is 19.1 Å². The van der Waals surface area contributed by atoms with Crippen molar-refractivity contribution in [2.45, 2.75) is 61.6 Å². The molecule has 0 aromatic heterocycles. The molecule has 4 nitrogen and oxygen atoms in total. The number of methoxy groups -OCH3 is 1. The van der Waals surface area contributed by atoms with Crippen LogP contribution in [0.1, 0.15) is 56.0 Å². The minimum Gasteiger partial charge on any atom is -0.497 e. The molecule has 0 heterocycles. The van der Waals surface area contributed by atoms with Crippen LogP contribution in [0, 0.1) is 6.92 Å². The lowest BCUT2D eigenvalue weighted by atomic mass is 9.87. The van der Waals surface area contributed by atoms with Crippen molar-refractivity contribution in [1.29, 1.82) is 0 Å². The number of halogens is 1. The monoisotopic (exact) mass is 482 g/mol. The van der Waals surface area contributed by atoms with Gasteiger partial charge >= 0.3 is 5.97 Å². The second kappa shape index (κ2) is 11.0. The van der Waals surface area contributed by atoms with Crippen LogP contribution in [-0.2, 0) is 20.3 Å². The van der Waals surface area contributed by atoms with E-state index < -0.39 is 34.5 Å². The third-order valence-corrected chi connectivity index (χ3v) is 6.83. The zero-order valence-electron chi connectivity index (χ0n) is 20.2. The number of carbonyl (C=O) groups is 1.